The van der Waals surface area contributed by atoms with Crippen molar-refractivity contribution in [1.82, 2.24) is 9.55 Å². The molecule has 0 spiro atoms. The standard InChI is InChI=1S/C11H14IN3O5/c12-2-1-6-4-15(11(18)13-10(6)14-19)9-3-7(17)8(5-16)20-9/h1-2,4,7-9,16-17,19H,3,5H2,(H,13,14,18)/t7-,8+,9+/m0/s1. The number of halogens is 1. The fourth-order valence-corrected chi connectivity index (χ4v) is 2.41. The molecule has 2 heterocycles. The summed E-state index contributed by atoms with van der Waals surface area (Å²) in [4.78, 5) is 15.6. The van der Waals surface area contributed by atoms with Gasteiger partial charge in [-0.2, -0.15) is 4.98 Å². The third-order valence-electron chi connectivity index (χ3n) is 3.02. The molecule has 0 radical (unpaired) electrons. The fraction of sp³-hybridized carbons (Fsp3) is 0.455. The summed E-state index contributed by atoms with van der Waals surface area (Å²) < 4.78 is 8.34. The van der Waals surface area contributed by atoms with Crippen molar-refractivity contribution < 1.29 is 20.2 Å². The maximum absolute atomic E-state index is 11.9. The predicted octanol–water partition coefficient (Wildman–Crippen LogP) is 0.0908. The van der Waals surface area contributed by atoms with E-state index in [0.717, 1.165) is 0 Å². The normalized spacial score (nSPS) is 26.3. The fourth-order valence-electron chi connectivity index (χ4n) is 2.02. The molecule has 1 aromatic rings. The van der Waals surface area contributed by atoms with Gasteiger partial charge in [0.2, 0.25) is 0 Å². The van der Waals surface area contributed by atoms with Crippen LogP contribution in [0.1, 0.15) is 18.2 Å². The number of aliphatic hydroxyl groups excluding tert-OH is 2. The Hall–Kier alpha value is -1.01. The van der Waals surface area contributed by atoms with Crippen molar-refractivity contribution in [3.05, 3.63) is 26.3 Å². The number of nitrogens with one attached hydrogen (secondary N) is 1. The molecule has 0 aliphatic carbocycles. The molecule has 9 heteroatoms. The number of hydrogen-bond donors (Lipinski definition) is 4. The highest BCUT2D eigenvalue weighted by Gasteiger charge is 2.35. The molecular formula is C11H14IN3O5. The SMILES string of the molecule is O=c1nc(NO)c(C=CI)cn1[C@H]1C[C@H](O)[C@@H](CO)O1. The lowest BCUT2D eigenvalue weighted by Crippen LogP contribution is -2.28. The minimum atomic E-state index is -0.837. The molecule has 1 aliphatic rings. The average molecular weight is 395 g/mol. The van der Waals surface area contributed by atoms with Gasteiger partial charge >= 0.3 is 5.69 Å². The van der Waals surface area contributed by atoms with Gasteiger partial charge in [-0.3, -0.25) is 15.3 Å². The average Bonchev–Trinajstić information content (AvgIpc) is 2.81. The van der Waals surface area contributed by atoms with E-state index in [4.69, 9.17) is 15.1 Å². The van der Waals surface area contributed by atoms with Gasteiger partial charge in [0, 0.05) is 18.2 Å². The van der Waals surface area contributed by atoms with Crippen molar-refractivity contribution in [2.75, 3.05) is 12.1 Å². The van der Waals surface area contributed by atoms with E-state index in [2.05, 4.69) is 4.98 Å². The molecule has 0 aromatic carbocycles. The first-order valence-corrected chi connectivity index (χ1v) is 7.09. The highest BCUT2D eigenvalue weighted by molar-refractivity contribution is 14.1. The minimum Gasteiger partial charge on any atom is -0.394 e. The van der Waals surface area contributed by atoms with E-state index in [0.29, 0.717) is 5.56 Å². The van der Waals surface area contributed by atoms with Gasteiger partial charge in [0.1, 0.15) is 12.3 Å². The first-order valence-electron chi connectivity index (χ1n) is 5.85. The van der Waals surface area contributed by atoms with E-state index in [1.54, 1.807) is 10.2 Å². The molecule has 1 fully saturated rings. The minimum absolute atomic E-state index is 0.0384. The summed E-state index contributed by atoms with van der Waals surface area (Å²) in [6.07, 6.45) is 1.06. The monoisotopic (exact) mass is 395 g/mol. The zero-order chi connectivity index (χ0) is 14.7. The number of hydrogen-bond acceptors (Lipinski definition) is 7. The highest BCUT2D eigenvalue weighted by Crippen LogP contribution is 2.28. The van der Waals surface area contributed by atoms with Crippen molar-refractivity contribution in [1.29, 1.82) is 0 Å². The second-order valence-electron chi connectivity index (χ2n) is 4.25. The van der Waals surface area contributed by atoms with Crippen LogP contribution in [0.15, 0.2) is 15.1 Å². The molecule has 3 atom stereocenters. The quantitative estimate of drug-likeness (QED) is 0.422. The van der Waals surface area contributed by atoms with Crippen LogP contribution < -0.4 is 11.2 Å². The van der Waals surface area contributed by atoms with Gasteiger partial charge < -0.3 is 14.9 Å². The number of rotatable bonds is 4. The zero-order valence-electron chi connectivity index (χ0n) is 10.3. The van der Waals surface area contributed by atoms with Gasteiger partial charge in [-0.05, 0) is 10.2 Å². The molecule has 110 valence electrons. The van der Waals surface area contributed by atoms with E-state index in [9.17, 15) is 9.90 Å². The number of anilines is 1. The Morgan fingerprint density at radius 1 is 1.65 bits per heavy atom. The van der Waals surface area contributed by atoms with Gasteiger partial charge in [-0.1, -0.05) is 22.6 Å². The Balaban J connectivity index is 2.38. The molecule has 20 heavy (non-hydrogen) atoms. The first kappa shape index (κ1) is 15.4. The van der Waals surface area contributed by atoms with Crippen LogP contribution in [0.25, 0.3) is 6.08 Å². The second-order valence-corrected chi connectivity index (χ2v) is 4.97. The van der Waals surface area contributed by atoms with E-state index in [1.165, 1.54) is 10.8 Å². The van der Waals surface area contributed by atoms with Crippen molar-refractivity contribution in [3.8, 4) is 0 Å². The Bertz CT molecular complexity index is 561. The summed E-state index contributed by atoms with van der Waals surface area (Å²) >= 11 is 2.00. The van der Waals surface area contributed by atoms with Crippen molar-refractivity contribution in [2.45, 2.75) is 24.9 Å². The third kappa shape index (κ3) is 3.01. The summed E-state index contributed by atoms with van der Waals surface area (Å²) in [5, 5.41) is 27.7. The summed E-state index contributed by atoms with van der Waals surface area (Å²) in [7, 11) is 0. The first-order chi connectivity index (χ1) is 9.60. The number of ether oxygens (including phenoxy) is 1. The molecule has 1 aromatic heterocycles. The lowest BCUT2D eigenvalue weighted by Gasteiger charge is -2.15. The lowest BCUT2D eigenvalue weighted by atomic mass is 10.2. The van der Waals surface area contributed by atoms with Crippen LogP contribution in [0.3, 0.4) is 0 Å². The molecule has 0 saturated carbocycles. The van der Waals surface area contributed by atoms with Crippen LogP contribution in [-0.4, -0.2) is 43.8 Å². The molecule has 0 amide bonds. The van der Waals surface area contributed by atoms with Crippen LogP contribution in [0.4, 0.5) is 5.82 Å². The number of aromatic nitrogens is 2. The molecule has 2 rings (SSSR count). The Labute approximate surface area is 127 Å². The summed E-state index contributed by atoms with van der Waals surface area (Å²) in [5.41, 5.74) is 1.73. The topological polar surface area (TPSA) is 117 Å². The Morgan fingerprint density at radius 3 is 2.95 bits per heavy atom. The summed E-state index contributed by atoms with van der Waals surface area (Å²) in [6.45, 7) is -0.323. The van der Waals surface area contributed by atoms with Crippen LogP contribution in [-0.2, 0) is 4.74 Å². The molecule has 0 bridgehead atoms. The van der Waals surface area contributed by atoms with Gasteiger partial charge in [0.25, 0.3) is 0 Å². The second kappa shape index (κ2) is 6.63. The van der Waals surface area contributed by atoms with Gasteiger partial charge in [0.15, 0.2) is 5.82 Å². The van der Waals surface area contributed by atoms with Crippen molar-refractivity contribution >= 4 is 34.5 Å². The maximum Gasteiger partial charge on any atom is 0.351 e. The smallest absolute Gasteiger partial charge is 0.351 e. The maximum atomic E-state index is 11.9. The largest absolute Gasteiger partial charge is 0.394 e. The van der Waals surface area contributed by atoms with E-state index in [1.807, 2.05) is 28.1 Å². The Kier molecular flexibility index (Phi) is 5.10. The van der Waals surface area contributed by atoms with E-state index < -0.39 is 24.1 Å². The number of nitrogens with zero attached hydrogens (tertiary/aromatic N) is 2. The highest BCUT2D eigenvalue weighted by atomic mass is 127. The van der Waals surface area contributed by atoms with Crippen molar-refractivity contribution in [2.24, 2.45) is 0 Å². The molecular weight excluding hydrogens is 381 g/mol. The summed E-state index contributed by atoms with van der Waals surface area (Å²) in [5.74, 6) is 0.0384. The Morgan fingerprint density at radius 2 is 2.40 bits per heavy atom. The van der Waals surface area contributed by atoms with E-state index in [-0.39, 0.29) is 18.8 Å². The predicted molar refractivity (Wildman–Crippen MR) is 78.6 cm³/mol. The van der Waals surface area contributed by atoms with Gasteiger partial charge in [0.05, 0.1) is 12.7 Å². The van der Waals surface area contributed by atoms with Crippen LogP contribution in [0, 0.1) is 0 Å². The molecule has 0 unspecified atom stereocenters. The molecule has 8 nitrogen and oxygen atoms in total. The molecule has 4 N–H and O–H groups in total. The molecule has 1 saturated heterocycles. The molecule has 1 aliphatic heterocycles. The number of aliphatic hydroxyl groups is 2. The van der Waals surface area contributed by atoms with Crippen LogP contribution >= 0.6 is 22.6 Å². The van der Waals surface area contributed by atoms with E-state index >= 15 is 0 Å². The lowest BCUT2D eigenvalue weighted by molar-refractivity contribution is -0.0458. The van der Waals surface area contributed by atoms with Gasteiger partial charge in [-0.25, -0.2) is 4.79 Å². The van der Waals surface area contributed by atoms with Crippen molar-refractivity contribution in [3.63, 3.8) is 0 Å². The summed E-state index contributed by atoms with van der Waals surface area (Å²) in [6, 6.07) is 0. The van der Waals surface area contributed by atoms with Gasteiger partial charge in [-0.15, -0.1) is 0 Å². The zero-order valence-corrected chi connectivity index (χ0v) is 12.5. The van der Waals surface area contributed by atoms with Crippen LogP contribution in [0.2, 0.25) is 0 Å². The third-order valence-corrected chi connectivity index (χ3v) is 3.38. The van der Waals surface area contributed by atoms with Crippen LogP contribution in [0.5, 0.6) is 0 Å².